The van der Waals surface area contributed by atoms with Crippen molar-refractivity contribution >= 4 is 47.2 Å². The van der Waals surface area contributed by atoms with E-state index < -0.39 is 0 Å². The maximum absolute atomic E-state index is 4.85. The summed E-state index contributed by atoms with van der Waals surface area (Å²) in [5, 5.41) is 2.27. The van der Waals surface area contributed by atoms with E-state index in [-0.39, 0.29) is 0 Å². The average molecular weight is 666 g/mol. The monoisotopic (exact) mass is 665 g/mol. The van der Waals surface area contributed by atoms with Crippen molar-refractivity contribution in [2.24, 2.45) is 0 Å². The molecule has 0 amide bonds. The summed E-state index contributed by atoms with van der Waals surface area (Å²) in [6.45, 7) is 25.1. The number of hydrogen-bond acceptors (Lipinski definition) is 1. The molecule has 0 saturated heterocycles. The molecule has 7 aromatic rings. The van der Waals surface area contributed by atoms with Crippen LogP contribution >= 0.6 is 0 Å². The molecular formula is C51H39N. The van der Waals surface area contributed by atoms with E-state index in [1.165, 1.54) is 0 Å². The largest absolute Gasteiger partial charge is 0.256 e. The zero-order valence-corrected chi connectivity index (χ0v) is 29.3. The summed E-state index contributed by atoms with van der Waals surface area (Å²) in [7, 11) is 0. The van der Waals surface area contributed by atoms with Crippen LogP contribution in [-0.4, -0.2) is 4.98 Å². The van der Waals surface area contributed by atoms with Gasteiger partial charge in [-0.15, -0.1) is 0 Å². The fourth-order valence-corrected chi connectivity index (χ4v) is 7.43. The highest BCUT2D eigenvalue weighted by Crippen LogP contribution is 2.46. The number of rotatable bonds is 11. The smallest absolute Gasteiger partial charge is 0.0708 e. The molecule has 1 heterocycles. The van der Waals surface area contributed by atoms with Crippen LogP contribution in [0.4, 0.5) is 0 Å². The zero-order valence-electron chi connectivity index (χ0n) is 29.3. The predicted molar refractivity (Wildman–Crippen MR) is 229 cm³/mol. The second kappa shape index (κ2) is 14.6. The van der Waals surface area contributed by atoms with E-state index >= 15 is 0 Å². The molecule has 0 aliphatic carbocycles. The summed E-state index contributed by atoms with van der Waals surface area (Å²) in [6.07, 6.45) is 13.4. The lowest BCUT2D eigenvalue weighted by Gasteiger charge is -2.23. The fraction of sp³-hybridized carbons (Fsp3) is 0. The van der Waals surface area contributed by atoms with Crippen molar-refractivity contribution in [2.45, 2.75) is 0 Å². The van der Waals surface area contributed by atoms with Crippen LogP contribution in [0.25, 0.3) is 103 Å². The van der Waals surface area contributed by atoms with Gasteiger partial charge in [-0.1, -0.05) is 191 Å². The van der Waals surface area contributed by atoms with Crippen LogP contribution in [0.5, 0.6) is 0 Å². The van der Waals surface area contributed by atoms with Crippen molar-refractivity contribution < 1.29 is 0 Å². The molecule has 0 spiro atoms. The van der Waals surface area contributed by atoms with Crippen LogP contribution in [0.2, 0.25) is 0 Å². The van der Waals surface area contributed by atoms with Gasteiger partial charge in [0.05, 0.1) is 5.69 Å². The molecule has 7 rings (SSSR count). The first-order chi connectivity index (χ1) is 25.6. The van der Waals surface area contributed by atoms with Crippen LogP contribution < -0.4 is 0 Å². The minimum Gasteiger partial charge on any atom is -0.256 e. The third-order valence-corrected chi connectivity index (χ3v) is 9.86. The predicted octanol–water partition coefficient (Wildman–Crippen LogP) is 14.4. The minimum absolute atomic E-state index is 0.896. The Hall–Kier alpha value is -6.83. The first-order valence-corrected chi connectivity index (χ1v) is 17.3. The molecule has 0 radical (unpaired) electrons. The molecule has 0 bridgehead atoms. The molecule has 0 aliphatic heterocycles. The summed E-state index contributed by atoms with van der Waals surface area (Å²) in [5.74, 6) is 0. The fourth-order valence-electron chi connectivity index (χ4n) is 7.43. The highest BCUT2D eigenvalue weighted by atomic mass is 14.7. The van der Waals surface area contributed by atoms with Gasteiger partial charge in [-0.25, -0.2) is 0 Å². The van der Waals surface area contributed by atoms with Gasteiger partial charge in [-0.3, -0.25) is 4.98 Å². The lowest BCUT2D eigenvalue weighted by Crippen LogP contribution is -1.99. The number of nitrogens with zero attached hydrogens (tertiary/aromatic N) is 1. The van der Waals surface area contributed by atoms with Gasteiger partial charge in [-0.2, -0.15) is 0 Å². The van der Waals surface area contributed by atoms with Gasteiger partial charge in [0, 0.05) is 17.3 Å². The summed E-state index contributed by atoms with van der Waals surface area (Å²) in [5.41, 5.74) is 16.9. The van der Waals surface area contributed by atoms with E-state index in [1.54, 1.807) is 0 Å². The Morgan fingerprint density at radius 2 is 0.904 bits per heavy atom. The van der Waals surface area contributed by atoms with Crippen molar-refractivity contribution in [3.8, 4) is 55.8 Å². The lowest BCUT2D eigenvalue weighted by molar-refractivity contribution is 1.32. The molecule has 1 aromatic heterocycles. The van der Waals surface area contributed by atoms with Crippen molar-refractivity contribution in [3.05, 3.63) is 200 Å². The maximum atomic E-state index is 4.85. The van der Waals surface area contributed by atoms with Crippen LogP contribution in [0.1, 0.15) is 33.4 Å². The molecule has 0 atom stereocenters. The van der Waals surface area contributed by atoms with Crippen LogP contribution in [0, 0.1) is 0 Å². The average Bonchev–Trinajstić information content (AvgIpc) is 3.22. The molecule has 0 saturated carbocycles. The van der Waals surface area contributed by atoms with Gasteiger partial charge in [0.15, 0.2) is 0 Å². The number of fused-ring (bicyclic) bond motifs is 1. The van der Waals surface area contributed by atoms with E-state index in [9.17, 15) is 0 Å². The van der Waals surface area contributed by atoms with Crippen LogP contribution in [-0.2, 0) is 0 Å². The normalized spacial score (nSPS) is 10.8. The third kappa shape index (κ3) is 5.79. The van der Waals surface area contributed by atoms with E-state index in [0.29, 0.717) is 0 Å². The minimum atomic E-state index is 0.896. The van der Waals surface area contributed by atoms with Crippen molar-refractivity contribution in [1.29, 1.82) is 0 Å². The van der Waals surface area contributed by atoms with Crippen molar-refractivity contribution in [2.75, 3.05) is 0 Å². The third-order valence-electron chi connectivity index (χ3n) is 9.86. The maximum Gasteiger partial charge on any atom is 0.0708 e. The molecule has 0 fully saturated rings. The van der Waals surface area contributed by atoms with Gasteiger partial charge in [0.2, 0.25) is 0 Å². The second-order valence-electron chi connectivity index (χ2n) is 12.5. The van der Waals surface area contributed by atoms with Crippen molar-refractivity contribution in [1.82, 2.24) is 4.98 Å². The molecule has 0 unspecified atom stereocenters. The number of hydrogen-bond donors (Lipinski definition) is 0. The Balaban J connectivity index is 1.35. The number of pyridine rings is 1. The van der Waals surface area contributed by atoms with Gasteiger partial charge < -0.3 is 0 Å². The van der Waals surface area contributed by atoms with E-state index in [2.05, 4.69) is 143 Å². The Morgan fingerprint density at radius 1 is 0.346 bits per heavy atom. The molecule has 52 heavy (non-hydrogen) atoms. The van der Waals surface area contributed by atoms with Crippen molar-refractivity contribution in [3.63, 3.8) is 0 Å². The quantitative estimate of drug-likeness (QED) is 0.134. The SMILES string of the molecule is C=Cc1cccc(-c2ccc(-c3ccc(-c4c(C=C)c(C=C)c(-c5ccc(-c6ccccc6)c(C=C)c5C=C)c5ccccc45)cc3)cn2)c1C=C. The highest BCUT2D eigenvalue weighted by Gasteiger charge is 2.22. The van der Waals surface area contributed by atoms with E-state index in [0.717, 1.165) is 99.9 Å². The van der Waals surface area contributed by atoms with E-state index in [4.69, 9.17) is 4.98 Å². The molecule has 0 aliphatic rings. The molecule has 0 N–H and O–H groups in total. The number of aromatic nitrogens is 1. The summed E-state index contributed by atoms with van der Waals surface area (Å²) < 4.78 is 0. The lowest BCUT2D eigenvalue weighted by atomic mass is 9.80. The Morgan fingerprint density at radius 3 is 1.52 bits per heavy atom. The van der Waals surface area contributed by atoms with Gasteiger partial charge >= 0.3 is 0 Å². The highest BCUT2D eigenvalue weighted by molar-refractivity contribution is 6.13. The first-order valence-electron chi connectivity index (χ1n) is 17.3. The second-order valence-corrected chi connectivity index (χ2v) is 12.5. The topological polar surface area (TPSA) is 12.9 Å². The first kappa shape index (κ1) is 33.7. The Labute approximate surface area is 307 Å². The Bertz CT molecular complexity index is 2530. The Kier molecular flexibility index (Phi) is 9.43. The van der Waals surface area contributed by atoms with Crippen LogP contribution in [0.3, 0.4) is 0 Å². The van der Waals surface area contributed by atoms with Gasteiger partial charge in [-0.05, 0) is 89.2 Å². The molecule has 1 heteroatoms. The molecule has 248 valence electrons. The molecular weight excluding hydrogens is 627 g/mol. The molecule has 1 nitrogen and oxygen atoms in total. The summed E-state index contributed by atoms with van der Waals surface area (Å²) in [6, 6.07) is 42.4. The van der Waals surface area contributed by atoms with Crippen LogP contribution in [0.15, 0.2) is 167 Å². The number of benzene rings is 6. The standard InChI is InChI=1S/C51H39N/c1-7-34-21-18-24-45(39(34)8-2)49-32-29-38(33-52-49)35-25-27-37(28-26-35)50-42(11-5)43(12-6)51(47-23-17-16-22-46(47)50)48-31-30-44(36-19-14-13-15-20-36)40(9-3)41(48)10-4/h7-33H,1-6H2. The van der Waals surface area contributed by atoms with E-state index in [1.807, 2.05) is 60.9 Å². The summed E-state index contributed by atoms with van der Waals surface area (Å²) >= 11 is 0. The van der Waals surface area contributed by atoms with Gasteiger partial charge in [0.1, 0.15) is 0 Å². The molecule has 6 aromatic carbocycles. The van der Waals surface area contributed by atoms with Gasteiger partial charge in [0.25, 0.3) is 0 Å². The zero-order chi connectivity index (χ0) is 36.2. The summed E-state index contributed by atoms with van der Waals surface area (Å²) in [4.78, 5) is 4.85.